The van der Waals surface area contributed by atoms with Crippen LogP contribution < -0.4 is 0 Å². The third-order valence-corrected chi connectivity index (χ3v) is 12.3. The van der Waals surface area contributed by atoms with E-state index >= 15 is 0 Å². The highest BCUT2D eigenvalue weighted by molar-refractivity contribution is 5.70. The zero-order valence-corrected chi connectivity index (χ0v) is 41.0. The van der Waals surface area contributed by atoms with Gasteiger partial charge in [0.1, 0.15) is 6.61 Å². The molecule has 0 aromatic carbocycles. The van der Waals surface area contributed by atoms with Gasteiger partial charge in [-0.3, -0.25) is 9.59 Å². The van der Waals surface area contributed by atoms with Gasteiger partial charge in [-0.05, 0) is 44.9 Å². The number of unbranched alkanes of at least 4 members (excludes halogenated alkanes) is 38. The molecule has 60 heavy (non-hydrogen) atoms. The summed E-state index contributed by atoms with van der Waals surface area (Å²) in [6.07, 6.45) is 59.3. The molecule has 0 spiro atoms. The maximum absolute atomic E-state index is 12.8. The Balaban J connectivity index is 4.19. The minimum atomic E-state index is -0.528. The predicted octanol–water partition coefficient (Wildman–Crippen LogP) is 18.2. The van der Waals surface area contributed by atoms with Crippen LogP contribution in [-0.4, -0.2) is 37.9 Å². The number of allylic oxidation sites excluding steroid dienone is 2. The molecule has 5 heteroatoms. The number of ether oxygens (including phenoxy) is 3. The smallest absolute Gasteiger partial charge is 0.306 e. The monoisotopic (exact) mass is 847 g/mol. The maximum atomic E-state index is 12.8. The van der Waals surface area contributed by atoms with E-state index in [1.54, 1.807) is 0 Å². The second-order valence-corrected chi connectivity index (χ2v) is 18.5. The van der Waals surface area contributed by atoms with Crippen LogP contribution in [0.2, 0.25) is 0 Å². The fraction of sp³-hybridized carbons (Fsp3) is 0.927. The zero-order chi connectivity index (χ0) is 43.5. The second-order valence-electron chi connectivity index (χ2n) is 18.5. The van der Waals surface area contributed by atoms with Gasteiger partial charge < -0.3 is 14.2 Å². The Bertz CT molecular complexity index is 871. The molecule has 0 amide bonds. The summed E-state index contributed by atoms with van der Waals surface area (Å²) in [6, 6.07) is 0. The fourth-order valence-corrected chi connectivity index (χ4v) is 8.21. The molecule has 0 bridgehead atoms. The summed E-state index contributed by atoms with van der Waals surface area (Å²) in [5.41, 5.74) is 0. The summed E-state index contributed by atoms with van der Waals surface area (Å²) in [7, 11) is 0. The van der Waals surface area contributed by atoms with Crippen LogP contribution in [-0.2, 0) is 23.8 Å². The van der Waals surface area contributed by atoms with Gasteiger partial charge in [0.15, 0.2) is 6.10 Å². The molecule has 0 aliphatic rings. The lowest BCUT2D eigenvalue weighted by Crippen LogP contribution is -2.30. The van der Waals surface area contributed by atoms with Crippen LogP contribution in [0.1, 0.15) is 303 Å². The van der Waals surface area contributed by atoms with Gasteiger partial charge in [0.25, 0.3) is 0 Å². The molecule has 5 nitrogen and oxygen atoms in total. The molecule has 0 unspecified atom stereocenters. The first-order chi connectivity index (χ1) is 29.6. The van der Waals surface area contributed by atoms with E-state index in [1.807, 2.05) is 0 Å². The van der Waals surface area contributed by atoms with Crippen molar-refractivity contribution in [2.75, 3.05) is 19.8 Å². The average Bonchev–Trinajstić information content (AvgIpc) is 3.25. The molecule has 0 aromatic heterocycles. The summed E-state index contributed by atoms with van der Waals surface area (Å²) in [5, 5.41) is 0. The minimum Gasteiger partial charge on any atom is -0.462 e. The molecule has 356 valence electrons. The SMILES string of the molecule is CCCCCCCC/C=C\CCCCCCCCCC(=O)O[C@H](COCCCCCCCCCCCCCCCCCC)COC(=O)CCCCCCCCCCCCC. The van der Waals surface area contributed by atoms with E-state index in [2.05, 4.69) is 32.9 Å². The van der Waals surface area contributed by atoms with E-state index in [-0.39, 0.29) is 18.5 Å². The van der Waals surface area contributed by atoms with Crippen molar-refractivity contribution in [2.24, 2.45) is 0 Å². The summed E-state index contributed by atoms with van der Waals surface area (Å²) < 4.78 is 17.4. The van der Waals surface area contributed by atoms with Gasteiger partial charge in [-0.2, -0.15) is 0 Å². The highest BCUT2D eigenvalue weighted by Gasteiger charge is 2.17. The van der Waals surface area contributed by atoms with Crippen LogP contribution in [0.25, 0.3) is 0 Å². The van der Waals surface area contributed by atoms with Gasteiger partial charge in [-0.1, -0.05) is 258 Å². The molecular formula is C55H106O5. The maximum Gasteiger partial charge on any atom is 0.306 e. The van der Waals surface area contributed by atoms with Crippen molar-refractivity contribution in [1.82, 2.24) is 0 Å². The highest BCUT2D eigenvalue weighted by atomic mass is 16.6. The van der Waals surface area contributed by atoms with Gasteiger partial charge in [-0.15, -0.1) is 0 Å². The third kappa shape index (κ3) is 49.3. The fourth-order valence-electron chi connectivity index (χ4n) is 8.21. The van der Waals surface area contributed by atoms with E-state index in [0.717, 1.165) is 32.1 Å². The minimum absolute atomic E-state index is 0.0931. The number of hydrogen-bond donors (Lipinski definition) is 0. The van der Waals surface area contributed by atoms with E-state index in [1.165, 1.54) is 238 Å². The Morgan fingerprint density at radius 1 is 0.350 bits per heavy atom. The lowest BCUT2D eigenvalue weighted by atomic mass is 10.0. The van der Waals surface area contributed by atoms with E-state index in [4.69, 9.17) is 14.2 Å². The summed E-state index contributed by atoms with van der Waals surface area (Å²) in [6.45, 7) is 7.88. The van der Waals surface area contributed by atoms with E-state index in [9.17, 15) is 9.59 Å². The zero-order valence-electron chi connectivity index (χ0n) is 41.0. The summed E-state index contributed by atoms with van der Waals surface area (Å²) in [5.74, 6) is -0.380. The molecule has 0 N–H and O–H groups in total. The molecular weight excluding hydrogens is 741 g/mol. The molecule has 0 aromatic rings. The van der Waals surface area contributed by atoms with Crippen molar-refractivity contribution in [3.63, 3.8) is 0 Å². The Hall–Kier alpha value is -1.36. The topological polar surface area (TPSA) is 61.8 Å². The van der Waals surface area contributed by atoms with Crippen LogP contribution in [0.3, 0.4) is 0 Å². The number of hydrogen-bond acceptors (Lipinski definition) is 5. The Morgan fingerprint density at radius 2 is 0.650 bits per heavy atom. The van der Waals surface area contributed by atoms with Crippen molar-refractivity contribution < 1.29 is 23.8 Å². The number of carbonyl (C=O) groups excluding carboxylic acids is 2. The van der Waals surface area contributed by atoms with E-state index < -0.39 is 6.10 Å². The van der Waals surface area contributed by atoms with E-state index in [0.29, 0.717) is 26.1 Å². The van der Waals surface area contributed by atoms with Crippen LogP contribution in [0.5, 0.6) is 0 Å². The van der Waals surface area contributed by atoms with Crippen molar-refractivity contribution >= 4 is 11.9 Å². The van der Waals surface area contributed by atoms with Gasteiger partial charge in [-0.25, -0.2) is 0 Å². The van der Waals surface area contributed by atoms with Gasteiger partial charge >= 0.3 is 11.9 Å². The Labute approximate surface area is 375 Å². The van der Waals surface area contributed by atoms with Gasteiger partial charge in [0, 0.05) is 19.4 Å². The average molecular weight is 847 g/mol. The first-order valence-electron chi connectivity index (χ1n) is 27.2. The number of esters is 2. The molecule has 0 radical (unpaired) electrons. The number of carbonyl (C=O) groups is 2. The van der Waals surface area contributed by atoms with Crippen LogP contribution in [0, 0.1) is 0 Å². The second kappa shape index (κ2) is 52.0. The predicted molar refractivity (Wildman–Crippen MR) is 261 cm³/mol. The van der Waals surface area contributed by atoms with Gasteiger partial charge in [0.2, 0.25) is 0 Å². The largest absolute Gasteiger partial charge is 0.462 e. The first kappa shape index (κ1) is 58.6. The molecule has 0 heterocycles. The van der Waals surface area contributed by atoms with Crippen LogP contribution >= 0.6 is 0 Å². The molecule has 0 saturated carbocycles. The molecule has 0 aliphatic carbocycles. The van der Waals surface area contributed by atoms with Crippen LogP contribution in [0.4, 0.5) is 0 Å². The molecule has 0 aliphatic heterocycles. The van der Waals surface area contributed by atoms with Crippen molar-refractivity contribution in [1.29, 1.82) is 0 Å². The Morgan fingerprint density at radius 3 is 1.02 bits per heavy atom. The van der Waals surface area contributed by atoms with Gasteiger partial charge in [0.05, 0.1) is 6.61 Å². The molecule has 0 saturated heterocycles. The highest BCUT2D eigenvalue weighted by Crippen LogP contribution is 2.16. The Kier molecular flexibility index (Phi) is 50.8. The molecule has 0 rings (SSSR count). The van der Waals surface area contributed by atoms with Crippen molar-refractivity contribution in [3.8, 4) is 0 Å². The van der Waals surface area contributed by atoms with Crippen molar-refractivity contribution in [2.45, 2.75) is 309 Å². The molecule has 1 atom stereocenters. The third-order valence-electron chi connectivity index (χ3n) is 12.3. The van der Waals surface area contributed by atoms with Crippen molar-refractivity contribution in [3.05, 3.63) is 12.2 Å². The summed E-state index contributed by atoms with van der Waals surface area (Å²) >= 11 is 0. The number of rotatable bonds is 51. The quantitative estimate of drug-likeness (QED) is 0.0347. The lowest BCUT2D eigenvalue weighted by Gasteiger charge is -2.18. The first-order valence-corrected chi connectivity index (χ1v) is 27.2. The lowest BCUT2D eigenvalue weighted by molar-refractivity contribution is -0.163. The standard InChI is InChI=1S/C55H106O5/c1-4-7-10-13-16-19-22-24-26-28-29-31-34-37-40-43-46-49-55(57)60-53(52-59-54(56)48-45-42-39-36-33-21-18-15-12-9-6-3)51-58-50-47-44-41-38-35-32-30-27-25-23-20-17-14-11-8-5-2/h24,26,53H,4-23,25,27-52H2,1-3H3/b26-24-/t53-/m1/s1. The normalized spacial score (nSPS) is 12.1. The summed E-state index contributed by atoms with van der Waals surface area (Å²) in [4.78, 5) is 25.4. The van der Waals surface area contributed by atoms with Crippen LogP contribution in [0.15, 0.2) is 12.2 Å². The molecule has 0 fully saturated rings.